The van der Waals surface area contributed by atoms with Gasteiger partial charge >= 0.3 is 0 Å². The number of pyridine rings is 1. The van der Waals surface area contributed by atoms with E-state index in [4.69, 9.17) is 15.2 Å². The monoisotopic (exact) mass is 411 g/mol. The summed E-state index contributed by atoms with van der Waals surface area (Å²) in [6, 6.07) is 11.7. The van der Waals surface area contributed by atoms with Gasteiger partial charge in [-0.3, -0.25) is 4.79 Å². The molecule has 0 radical (unpaired) electrons. The largest absolute Gasteiger partial charge is 0.493 e. The standard InChI is InChI=1S/C19H21N3O3.2ClH/c20-11-14-5-7-17(25-14)19(23)22-18-3-1-2-15(21-18)12-4-6-16-13(10-12)8-9-24-16;;/h1-4,6,10,14,17H,5,7-9,11,20H2,(H,21,22,23);2*1H/t14-,17+;;/m1../s1. The van der Waals surface area contributed by atoms with E-state index in [9.17, 15) is 4.79 Å². The van der Waals surface area contributed by atoms with E-state index in [-0.39, 0.29) is 36.8 Å². The molecule has 8 heteroatoms. The van der Waals surface area contributed by atoms with Crippen molar-refractivity contribution in [2.75, 3.05) is 18.5 Å². The molecule has 3 N–H and O–H groups in total. The van der Waals surface area contributed by atoms with E-state index in [1.165, 1.54) is 5.56 Å². The van der Waals surface area contributed by atoms with E-state index in [1.54, 1.807) is 6.07 Å². The zero-order valence-corrected chi connectivity index (χ0v) is 16.4. The third kappa shape index (κ3) is 4.71. The molecule has 0 bridgehead atoms. The molecule has 1 amide bonds. The van der Waals surface area contributed by atoms with Gasteiger partial charge in [0.15, 0.2) is 0 Å². The molecule has 0 unspecified atom stereocenters. The fourth-order valence-corrected chi connectivity index (χ4v) is 3.29. The van der Waals surface area contributed by atoms with Gasteiger partial charge in [-0.25, -0.2) is 4.98 Å². The minimum absolute atomic E-state index is 0. The summed E-state index contributed by atoms with van der Waals surface area (Å²) in [5.41, 5.74) is 8.62. The Labute approximate surface area is 170 Å². The highest BCUT2D eigenvalue weighted by molar-refractivity contribution is 5.93. The minimum Gasteiger partial charge on any atom is -0.493 e. The molecule has 0 saturated carbocycles. The topological polar surface area (TPSA) is 86.5 Å². The minimum atomic E-state index is -0.448. The fraction of sp³-hybridized carbons (Fsp3) is 0.368. The van der Waals surface area contributed by atoms with Crippen LogP contribution in [0.5, 0.6) is 5.75 Å². The molecule has 1 saturated heterocycles. The molecule has 0 spiro atoms. The van der Waals surface area contributed by atoms with Crippen molar-refractivity contribution in [1.29, 1.82) is 0 Å². The highest BCUT2D eigenvalue weighted by atomic mass is 35.5. The molecule has 2 aliphatic rings. The number of carbonyl (C=O) groups excluding carboxylic acids is 1. The Hall–Kier alpha value is -1.86. The number of carbonyl (C=O) groups is 1. The first-order valence-electron chi connectivity index (χ1n) is 8.62. The van der Waals surface area contributed by atoms with Gasteiger partial charge in [0.25, 0.3) is 5.91 Å². The summed E-state index contributed by atoms with van der Waals surface area (Å²) in [7, 11) is 0. The summed E-state index contributed by atoms with van der Waals surface area (Å²) in [4.78, 5) is 16.9. The third-order valence-electron chi connectivity index (χ3n) is 4.65. The van der Waals surface area contributed by atoms with Gasteiger partial charge in [0.05, 0.1) is 18.4 Å². The average molecular weight is 412 g/mol. The van der Waals surface area contributed by atoms with E-state index in [1.807, 2.05) is 24.3 Å². The van der Waals surface area contributed by atoms with Gasteiger partial charge in [0.1, 0.15) is 17.7 Å². The van der Waals surface area contributed by atoms with Crippen LogP contribution in [0.1, 0.15) is 18.4 Å². The fourth-order valence-electron chi connectivity index (χ4n) is 3.29. The Bertz CT molecular complexity index is 804. The number of ether oxygens (including phenoxy) is 2. The SMILES string of the molecule is Cl.Cl.NC[C@H]1CC[C@@H](C(=O)Nc2cccc(-c3ccc4c(c3)CCO4)n2)O1. The second-order valence-electron chi connectivity index (χ2n) is 6.38. The van der Waals surface area contributed by atoms with Gasteiger partial charge in [-0.05, 0) is 48.7 Å². The molecule has 2 aliphatic heterocycles. The Morgan fingerprint density at radius 2 is 2.07 bits per heavy atom. The van der Waals surface area contributed by atoms with Gasteiger partial charge in [-0.1, -0.05) is 6.07 Å². The number of hydrogen-bond donors (Lipinski definition) is 2. The molecule has 4 rings (SSSR count). The van der Waals surface area contributed by atoms with Crippen LogP contribution < -0.4 is 15.8 Å². The van der Waals surface area contributed by atoms with E-state index in [0.717, 1.165) is 36.5 Å². The number of fused-ring (bicyclic) bond motifs is 1. The number of hydrogen-bond acceptors (Lipinski definition) is 5. The highest BCUT2D eigenvalue weighted by Gasteiger charge is 2.30. The van der Waals surface area contributed by atoms with Crippen LogP contribution in [0.2, 0.25) is 0 Å². The Balaban J connectivity index is 0.00000131. The molecular formula is C19H23Cl2N3O3. The van der Waals surface area contributed by atoms with Crippen LogP contribution in [0.3, 0.4) is 0 Å². The number of amides is 1. The average Bonchev–Trinajstić information content (AvgIpc) is 3.30. The lowest BCUT2D eigenvalue weighted by Crippen LogP contribution is -2.30. The van der Waals surface area contributed by atoms with Crippen molar-refractivity contribution in [3.8, 4) is 17.0 Å². The van der Waals surface area contributed by atoms with E-state index >= 15 is 0 Å². The van der Waals surface area contributed by atoms with Crippen molar-refractivity contribution in [2.24, 2.45) is 5.73 Å². The molecule has 3 heterocycles. The summed E-state index contributed by atoms with van der Waals surface area (Å²) < 4.78 is 11.2. The van der Waals surface area contributed by atoms with Crippen LogP contribution in [-0.2, 0) is 16.0 Å². The predicted octanol–water partition coefficient (Wildman–Crippen LogP) is 2.97. The van der Waals surface area contributed by atoms with Gasteiger partial charge in [-0.2, -0.15) is 0 Å². The van der Waals surface area contributed by atoms with Gasteiger partial charge in [-0.15, -0.1) is 24.8 Å². The van der Waals surface area contributed by atoms with Crippen LogP contribution in [0.4, 0.5) is 5.82 Å². The van der Waals surface area contributed by atoms with Gasteiger partial charge in [0, 0.05) is 18.5 Å². The van der Waals surface area contributed by atoms with Crippen molar-refractivity contribution < 1.29 is 14.3 Å². The molecule has 6 nitrogen and oxygen atoms in total. The molecular weight excluding hydrogens is 389 g/mol. The zero-order chi connectivity index (χ0) is 17.2. The van der Waals surface area contributed by atoms with E-state index < -0.39 is 6.10 Å². The van der Waals surface area contributed by atoms with Crippen molar-refractivity contribution in [3.63, 3.8) is 0 Å². The van der Waals surface area contributed by atoms with Crippen molar-refractivity contribution in [2.45, 2.75) is 31.5 Å². The maximum atomic E-state index is 12.3. The zero-order valence-electron chi connectivity index (χ0n) is 14.7. The number of aromatic nitrogens is 1. The lowest BCUT2D eigenvalue weighted by Gasteiger charge is -2.13. The number of anilines is 1. The van der Waals surface area contributed by atoms with Gasteiger partial charge in [0.2, 0.25) is 0 Å². The smallest absolute Gasteiger partial charge is 0.254 e. The molecule has 1 aromatic carbocycles. The maximum absolute atomic E-state index is 12.3. The summed E-state index contributed by atoms with van der Waals surface area (Å²) in [6.45, 7) is 1.17. The lowest BCUT2D eigenvalue weighted by atomic mass is 10.1. The quantitative estimate of drug-likeness (QED) is 0.807. The Morgan fingerprint density at radius 3 is 2.85 bits per heavy atom. The highest BCUT2D eigenvalue weighted by Crippen LogP contribution is 2.30. The van der Waals surface area contributed by atoms with Crippen molar-refractivity contribution in [1.82, 2.24) is 4.98 Å². The normalized spacial score (nSPS) is 20.0. The number of nitrogens with zero attached hydrogens (tertiary/aromatic N) is 1. The third-order valence-corrected chi connectivity index (χ3v) is 4.65. The molecule has 146 valence electrons. The first kappa shape index (κ1) is 21.4. The predicted molar refractivity (Wildman–Crippen MR) is 109 cm³/mol. The first-order valence-corrected chi connectivity index (χ1v) is 8.62. The Morgan fingerprint density at radius 1 is 1.22 bits per heavy atom. The lowest BCUT2D eigenvalue weighted by molar-refractivity contribution is -0.126. The van der Waals surface area contributed by atoms with Crippen LogP contribution in [-0.4, -0.2) is 36.3 Å². The molecule has 27 heavy (non-hydrogen) atoms. The summed E-state index contributed by atoms with van der Waals surface area (Å²) in [5, 5.41) is 2.85. The number of halogens is 2. The van der Waals surface area contributed by atoms with E-state index in [2.05, 4.69) is 16.4 Å². The van der Waals surface area contributed by atoms with Crippen molar-refractivity contribution in [3.05, 3.63) is 42.0 Å². The van der Waals surface area contributed by atoms with Crippen LogP contribution in [0, 0.1) is 0 Å². The van der Waals surface area contributed by atoms with E-state index in [0.29, 0.717) is 18.8 Å². The van der Waals surface area contributed by atoms with Crippen LogP contribution in [0.15, 0.2) is 36.4 Å². The van der Waals surface area contributed by atoms with Crippen LogP contribution in [0.25, 0.3) is 11.3 Å². The molecule has 1 fully saturated rings. The second kappa shape index (κ2) is 9.37. The van der Waals surface area contributed by atoms with Gasteiger partial charge < -0.3 is 20.5 Å². The molecule has 2 aromatic rings. The first-order chi connectivity index (χ1) is 12.2. The second-order valence-corrected chi connectivity index (χ2v) is 6.38. The van der Waals surface area contributed by atoms with Crippen molar-refractivity contribution >= 4 is 36.5 Å². The summed E-state index contributed by atoms with van der Waals surface area (Å²) in [5.74, 6) is 1.31. The molecule has 1 aromatic heterocycles. The number of nitrogens with two attached hydrogens (primary N) is 1. The number of nitrogens with one attached hydrogen (secondary N) is 1. The number of rotatable bonds is 4. The van der Waals surface area contributed by atoms with Crippen LogP contribution >= 0.6 is 24.8 Å². The molecule has 0 aliphatic carbocycles. The Kier molecular flexibility index (Phi) is 7.44. The molecule has 2 atom stereocenters. The maximum Gasteiger partial charge on any atom is 0.254 e. The summed E-state index contributed by atoms with van der Waals surface area (Å²) >= 11 is 0. The summed E-state index contributed by atoms with van der Waals surface area (Å²) in [6.07, 6.45) is 1.96. The number of benzene rings is 1.